The molecule has 2 N–H and O–H groups in total. The topological polar surface area (TPSA) is 35.2 Å². The third kappa shape index (κ3) is 3.80. The van der Waals surface area contributed by atoms with E-state index >= 15 is 0 Å². The van der Waals surface area contributed by atoms with Crippen LogP contribution < -0.4 is 10.5 Å². The van der Waals surface area contributed by atoms with Gasteiger partial charge >= 0.3 is 0 Å². The zero-order valence-electron chi connectivity index (χ0n) is 11.2. The van der Waals surface area contributed by atoms with Crippen molar-refractivity contribution < 1.29 is 9.13 Å². The van der Waals surface area contributed by atoms with Crippen LogP contribution in [-0.4, -0.2) is 6.04 Å². The van der Waals surface area contributed by atoms with Gasteiger partial charge in [0, 0.05) is 6.04 Å². The molecule has 0 radical (unpaired) electrons. The van der Waals surface area contributed by atoms with Crippen LogP contribution in [0.4, 0.5) is 4.39 Å². The molecule has 2 rings (SSSR count). The average Bonchev–Trinajstić information content (AvgIpc) is 2.36. The third-order valence-electron chi connectivity index (χ3n) is 2.85. The second kappa shape index (κ2) is 5.85. The summed E-state index contributed by atoms with van der Waals surface area (Å²) >= 11 is 0. The highest BCUT2D eigenvalue weighted by atomic mass is 19.1. The number of nitrogens with two attached hydrogens (primary N) is 1. The van der Waals surface area contributed by atoms with Crippen molar-refractivity contribution in [2.75, 3.05) is 0 Å². The van der Waals surface area contributed by atoms with Crippen molar-refractivity contribution in [3.05, 3.63) is 59.4 Å². The Morgan fingerprint density at radius 1 is 1.11 bits per heavy atom. The van der Waals surface area contributed by atoms with E-state index < -0.39 is 0 Å². The van der Waals surface area contributed by atoms with Crippen LogP contribution >= 0.6 is 0 Å². The number of aryl methyl sites for hydroxylation is 1. The van der Waals surface area contributed by atoms with Gasteiger partial charge in [-0.25, -0.2) is 4.39 Å². The van der Waals surface area contributed by atoms with E-state index in [-0.39, 0.29) is 11.9 Å². The van der Waals surface area contributed by atoms with Crippen molar-refractivity contribution >= 4 is 0 Å². The first-order chi connectivity index (χ1) is 9.04. The summed E-state index contributed by atoms with van der Waals surface area (Å²) in [5, 5.41) is 0. The molecule has 2 aromatic carbocycles. The van der Waals surface area contributed by atoms with Gasteiger partial charge < -0.3 is 10.5 Å². The SMILES string of the molecule is Cc1cc(Oc2ccc(CC(C)N)cc2)ccc1F. The fourth-order valence-electron chi connectivity index (χ4n) is 1.88. The lowest BCUT2D eigenvalue weighted by atomic mass is 10.1. The Morgan fingerprint density at radius 3 is 2.32 bits per heavy atom. The molecule has 0 spiro atoms. The molecule has 0 aromatic heterocycles. The van der Waals surface area contributed by atoms with Crippen molar-refractivity contribution in [3.8, 4) is 11.5 Å². The molecular formula is C16H18FNO. The molecular weight excluding hydrogens is 241 g/mol. The Bertz CT molecular complexity index is 549. The number of rotatable bonds is 4. The lowest BCUT2D eigenvalue weighted by Gasteiger charge is -2.09. The lowest BCUT2D eigenvalue weighted by Crippen LogP contribution is -2.17. The van der Waals surface area contributed by atoms with E-state index in [4.69, 9.17) is 10.5 Å². The van der Waals surface area contributed by atoms with Gasteiger partial charge in [0.15, 0.2) is 0 Å². The van der Waals surface area contributed by atoms with E-state index in [2.05, 4.69) is 0 Å². The highest BCUT2D eigenvalue weighted by Gasteiger charge is 2.02. The minimum atomic E-state index is -0.223. The highest BCUT2D eigenvalue weighted by molar-refractivity contribution is 5.35. The number of hydrogen-bond acceptors (Lipinski definition) is 2. The Balaban J connectivity index is 2.08. The van der Waals surface area contributed by atoms with E-state index in [1.54, 1.807) is 19.1 Å². The lowest BCUT2D eigenvalue weighted by molar-refractivity contribution is 0.479. The van der Waals surface area contributed by atoms with Gasteiger partial charge in [-0.2, -0.15) is 0 Å². The van der Waals surface area contributed by atoms with Crippen molar-refractivity contribution in [1.29, 1.82) is 0 Å². The van der Waals surface area contributed by atoms with Gasteiger partial charge in [-0.05, 0) is 61.7 Å². The summed E-state index contributed by atoms with van der Waals surface area (Å²) in [6, 6.07) is 12.7. The molecule has 0 fully saturated rings. The Hall–Kier alpha value is -1.87. The number of benzene rings is 2. The predicted molar refractivity (Wildman–Crippen MR) is 75.0 cm³/mol. The Kier molecular flexibility index (Phi) is 4.17. The van der Waals surface area contributed by atoms with Gasteiger partial charge in [0.1, 0.15) is 17.3 Å². The molecule has 1 unspecified atom stereocenters. The summed E-state index contributed by atoms with van der Waals surface area (Å²) in [6.07, 6.45) is 0.843. The molecule has 1 atom stereocenters. The fourth-order valence-corrected chi connectivity index (χ4v) is 1.88. The zero-order valence-corrected chi connectivity index (χ0v) is 11.2. The molecule has 0 aliphatic carbocycles. The number of ether oxygens (including phenoxy) is 1. The first-order valence-corrected chi connectivity index (χ1v) is 6.33. The second-order valence-corrected chi connectivity index (χ2v) is 4.84. The molecule has 0 amide bonds. The van der Waals surface area contributed by atoms with Crippen LogP contribution in [0, 0.1) is 12.7 Å². The normalized spacial score (nSPS) is 12.2. The summed E-state index contributed by atoms with van der Waals surface area (Å²) in [4.78, 5) is 0. The van der Waals surface area contributed by atoms with Gasteiger partial charge in [-0.15, -0.1) is 0 Å². The molecule has 2 nitrogen and oxygen atoms in total. The molecule has 0 heterocycles. The molecule has 0 aliphatic heterocycles. The highest BCUT2D eigenvalue weighted by Crippen LogP contribution is 2.23. The summed E-state index contributed by atoms with van der Waals surface area (Å²) in [7, 11) is 0. The van der Waals surface area contributed by atoms with Crippen molar-refractivity contribution in [3.63, 3.8) is 0 Å². The Morgan fingerprint density at radius 2 is 1.74 bits per heavy atom. The average molecular weight is 259 g/mol. The van der Waals surface area contributed by atoms with E-state index in [0.29, 0.717) is 11.3 Å². The maximum Gasteiger partial charge on any atom is 0.127 e. The van der Waals surface area contributed by atoms with Crippen LogP contribution in [0.1, 0.15) is 18.1 Å². The maximum absolute atomic E-state index is 13.1. The van der Waals surface area contributed by atoms with Gasteiger partial charge in [-0.3, -0.25) is 0 Å². The third-order valence-corrected chi connectivity index (χ3v) is 2.85. The first-order valence-electron chi connectivity index (χ1n) is 6.33. The van der Waals surface area contributed by atoms with Crippen molar-refractivity contribution in [1.82, 2.24) is 0 Å². The van der Waals surface area contributed by atoms with Crippen LogP contribution in [0.15, 0.2) is 42.5 Å². The molecule has 0 saturated heterocycles. The van der Waals surface area contributed by atoms with Gasteiger partial charge in [0.05, 0.1) is 0 Å². The van der Waals surface area contributed by atoms with E-state index in [1.165, 1.54) is 11.6 Å². The smallest absolute Gasteiger partial charge is 0.127 e. The van der Waals surface area contributed by atoms with Crippen molar-refractivity contribution in [2.45, 2.75) is 26.3 Å². The number of hydrogen-bond donors (Lipinski definition) is 1. The zero-order chi connectivity index (χ0) is 13.8. The van der Waals surface area contributed by atoms with Crippen LogP contribution in [0.2, 0.25) is 0 Å². The van der Waals surface area contributed by atoms with Crippen LogP contribution in [0.3, 0.4) is 0 Å². The summed E-state index contributed by atoms with van der Waals surface area (Å²) < 4.78 is 18.8. The molecule has 100 valence electrons. The number of halogens is 1. The Labute approximate surface area is 113 Å². The first kappa shape index (κ1) is 13.6. The molecule has 0 aliphatic rings. The minimum absolute atomic E-state index is 0.145. The summed E-state index contributed by atoms with van der Waals surface area (Å²) in [6.45, 7) is 3.69. The van der Waals surface area contributed by atoms with E-state index in [1.807, 2.05) is 31.2 Å². The summed E-state index contributed by atoms with van der Waals surface area (Å²) in [5.41, 5.74) is 7.50. The van der Waals surface area contributed by atoms with Crippen LogP contribution in [-0.2, 0) is 6.42 Å². The maximum atomic E-state index is 13.1. The summed E-state index contributed by atoms with van der Waals surface area (Å²) in [5.74, 6) is 1.15. The standard InChI is InChI=1S/C16H18FNO/c1-11-9-15(7-8-16(11)17)19-14-5-3-13(4-6-14)10-12(2)18/h3-9,12H,10,18H2,1-2H3. The molecule has 19 heavy (non-hydrogen) atoms. The fraction of sp³-hybridized carbons (Fsp3) is 0.250. The molecule has 0 bridgehead atoms. The molecule has 2 aromatic rings. The molecule has 3 heteroatoms. The van der Waals surface area contributed by atoms with Gasteiger partial charge in [0.2, 0.25) is 0 Å². The minimum Gasteiger partial charge on any atom is -0.457 e. The predicted octanol–water partition coefficient (Wildman–Crippen LogP) is 3.82. The largest absolute Gasteiger partial charge is 0.457 e. The van der Waals surface area contributed by atoms with Gasteiger partial charge in [0.25, 0.3) is 0 Å². The quantitative estimate of drug-likeness (QED) is 0.906. The second-order valence-electron chi connectivity index (χ2n) is 4.84. The molecule has 0 saturated carbocycles. The van der Waals surface area contributed by atoms with Crippen molar-refractivity contribution in [2.24, 2.45) is 5.73 Å². The van der Waals surface area contributed by atoms with Crippen LogP contribution in [0.5, 0.6) is 11.5 Å². The van der Waals surface area contributed by atoms with E-state index in [9.17, 15) is 4.39 Å². The monoisotopic (exact) mass is 259 g/mol. The van der Waals surface area contributed by atoms with E-state index in [0.717, 1.165) is 12.2 Å². The van der Waals surface area contributed by atoms with Crippen LogP contribution in [0.25, 0.3) is 0 Å². The van der Waals surface area contributed by atoms with Gasteiger partial charge in [-0.1, -0.05) is 12.1 Å².